The van der Waals surface area contributed by atoms with E-state index in [0.29, 0.717) is 17.3 Å². The van der Waals surface area contributed by atoms with Crippen LogP contribution in [0.5, 0.6) is 0 Å². The first-order valence-electron chi connectivity index (χ1n) is 6.86. The molecule has 1 aliphatic rings. The lowest BCUT2D eigenvalue weighted by Crippen LogP contribution is -2.49. The number of nitrogens with one attached hydrogen (secondary N) is 1. The van der Waals surface area contributed by atoms with Crippen LogP contribution in [0.25, 0.3) is 0 Å². The van der Waals surface area contributed by atoms with E-state index in [1.54, 1.807) is 24.8 Å². The summed E-state index contributed by atoms with van der Waals surface area (Å²) in [5.41, 5.74) is 0.669. The Morgan fingerprint density at radius 2 is 2.20 bits per heavy atom. The molecular formula is C15H21ClN2O2. The van der Waals surface area contributed by atoms with Crippen LogP contribution in [0, 0.1) is 6.92 Å². The highest BCUT2D eigenvalue weighted by Gasteiger charge is 2.38. The minimum absolute atomic E-state index is 0.151. The maximum Gasteiger partial charge on any atom is 0.322 e. The number of carbonyl (C=O) groups excluding carboxylic acids is 1. The Kier molecular flexibility index (Phi) is 4.25. The van der Waals surface area contributed by atoms with E-state index in [9.17, 15) is 9.90 Å². The number of carbonyl (C=O) groups is 1. The minimum Gasteiger partial charge on any atom is -0.388 e. The van der Waals surface area contributed by atoms with Crippen LogP contribution in [0.15, 0.2) is 18.2 Å². The van der Waals surface area contributed by atoms with Crippen molar-refractivity contribution in [1.29, 1.82) is 0 Å². The van der Waals surface area contributed by atoms with Crippen LogP contribution >= 0.6 is 11.6 Å². The molecule has 1 aliphatic heterocycles. The molecule has 1 heterocycles. The number of benzene rings is 1. The zero-order valence-corrected chi connectivity index (χ0v) is 12.9. The summed E-state index contributed by atoms with van der Waals surface area (Å²) in [4.78, 5) is 14.1. The van der Waals surface area contributed by atoms with Gasteiger partial charge < -0.3 is 15.3 Å². The SMILES string of the molecule is Cc1c(Cl)cccc1NC(=O)N1CCCC1C(C)(C)O. The predicted molar refractivity (Wildman–Crippen MR) is 81.2 cm³/mol. The molecule has 4 nitrogen and oxygen atoms in total. The van der Waals surface area contributed by atoms with E-state index in [2.05, 4.69) is 5.32 Å². The number of hydrogen-bond acceptors (Lipinski definition) is 2. The van der Waals surface area contributed by atoms with Crippen molar-refractivity contribution in [2.45, 2.75) is 45.3 Å². The first-order valence-corrected chi connectivity index (χ1v) is 7.23. The molecule has 1 atom stereocenters. The van der Waals surface area contributed by atoms with Crippen molar-refractivity contribution in [2.75, 3.05) is 11.9 Å². The Labute approximate surface area is 124 Å². The van der Waals surface area contributed by atoms with Gasteiger partial charge in [-0.2, -0.15) is 0 Å². The Hall–Kier alpha value is -1.26. The van der Waals surface area contributed by atoms with Crippen molar-refractivity contribution >= 4 is 23.3 Å². The van der Waals surface area contributed by atoms with Crippen LogP contribution in [0.2, 0.25) is 5.02 Å². The predicted octanol–water partition coefficient (Wildman–Crippen LogP) is 3.42. The molecule has 110 valence electrons. The highest BCUT2D eigenvalue weighted by atomic mass is 35.5. The van der Waals surface area contributed by atoms with Gasteiger partial charge in [-0.25, -0.2) is 4.79 Å². The number of urea groups is 1. The summed E-state index contributed by atoms with van der Waals surface area (Å²) in [6.07, 6.45) is 1.74. The largest absolute Gasteiger partial charge is 0.388 e. The van der Waals surface area contributed by atoms with E-state index in [0.717, 1.165) is 18.4 Å². The molecule has 1 unspecified atom stereocenters. The van der Waals surface area contributed by atoms with Crippen molar-refractivity contribution in [3.8, 4) is 0 Å². The van der Waals surface area contributed by atoms with Crippen LogP contribution in [0.1, 0.15) is 32.3 Å². The van der Waals surface area contributed by atoms with Gasteiger partial charge in [0.1, 0.15) is 0 Å². The van der Waals surface area contributed by atoms with Gasteiger partial charge in [-0.1, -0.05) is 17.7 Å². The van der Waals surface area contributed by atoms with Gasteiger partial charge >= 0.3 is 6.03 Å². The highest BCUT2D eigenvalue weighted by Crippen LogP contribution is 2.28. The lowest BCUT2D eigenvalue weighted by molar-refractivity contribution is 0.0117. The summed E-state index contributed by atoms with van der Waals surface area (Å²) in [6.45, 7) is 6.03. The number of likely N-dealkylation sites (tertiary alicyclic amines) is 1. The molecule has 1 fully saturated rings. The Morgan fingerprint density at radius 3 is 2.85 bits per heavy atom. The number of hydrogen-bond donors (Lipinski definition) is 2. The van der Waals surface area contributed by atoms with Crippen LogP contribution in [-0.2, 0) is 0 Å². The van der Waals surface area contributed by atoms with Crippen molar-refractivity contribution in [2.24, 2.45) is 0 Å². The van der Waals surface area contributed by atoms with E-state index in [4.69, 9.17) is 11.6 Å². The molecule has 0 spiro atoms. The second-order valence-corrected chi connectivity index (χ2v) is 6.25. The third-order valence-corrected chi connectivity index (χ3v) is 4.25. The number of nitrogens with zero attached hydrogens (tertiary/aromatic N) is 1. The molecule has 2 amide bonds. The third kappa shape index (κ3) is 3.07. The van der Waals surface area contributed by atoms with Crippen molar-refractivity contribution < 1.29 is 9.90 Å². The summed E-state index contributed by atoms with van der Waals surface area (Å²) < 4.78 is 0. The maximum absolute atomic E-state index is 12.4. The molecule has 0 bridgehead atoms. The molecule has 2 N–H and O–H groups in total. The van der Waals surface area contributed by atoms with E-state index in [1.807, 2.05) is 19.1 Å². The van der Waals surface area contributed by atoms with Crippen LogP contribution in [-0.4, -0.2) is 34.2 Å². The van der Waals surface area contributed by atoms with Gasteiger partial charge in [-0.15, -0.1) is 0 Å². The Morgan fingerprint density at radius 1 is 1.50 bits per heavy atom. The highest BCUT2D eigenvalue weighted by molar-refractivity contribution is 6.31. The quantitative estimate of drug-likeness (QED) is 0.878. The molecule has 2 rings (SSSR count). The first kappa shape index (κ1) is 15.1. The van der Waals surface area contributed by atoms with Crippen molar-refractivity contribution in [3.05, 3.63) is 28.8 Å². The topological polar surface area (TPSA) is 52.6 Å². The third-order valence-electron chi connectivity index (χ3n) is 3.84. The monoisotopic (exact) mass is 296 g/mol. The maximum atomic E-state index is 12.4. The molecular weight excluding hydrogens is 276 g/mol. The summed E-state index contributed by atoms with van der Waals surface area (Å²) in [5, 5.41) is 13.7. The molecule has 0 aromatic heterocycles. The summed E-state index contributed by atoms with van der Waals surface area (Å²) in [6, 6.07) is 5.10. The van der Waals surface area contributed by atoms with Crippen molar-refractivity contribution in [3.63, 3.8) is 0 Å². The Bertz CT molecular complexity index is 511. The molecule has 20 heavy (non-hydrogen) atoms. The van der Waals surface area contributed by atoms with Gasteiger partial charge in [0.2, 0.25) is 0 Å². The number of aliphatic hydroxyl groups is 1. The van der Waals surface area contributed by atoms with Gasteiger partial charge in [-0.05, 0) is 51.3 Å². The van der Waals surface area contributed by atoms with E-state index < -0.39 is 5.60 Å². The van der Waals surface area contributed by atoms with Gasteiger partial charge in [0.05, 0.1) is 11.6 Å². The number of halogens is 1. The number of anilines is 1. The van der Waals surface area contributed by atoms with Gasteiger partial charge in [-0.3, -0.25) is 0 Å². The fraction of sp³-hybridized carbons (Fsp3) is 0.533. The number of amides is 2. The molecule has 0 radical (unpaired) electrons. The van der Waals surface area contributed by atoms with Crippen molar-refractivity contribution in [1.82, 2.24) is 4.90 Å². The average Bonchev–Trinajstić information content (AvgIpc) is 2.84. The van der Waals surface area contributed by atoms with Crippen LogP contribution in [0.4, 0.5) is 10.5 Å². The standard InChI is InChI=1S/C15H21ClN2O2/c1-10-11(16)6-4-7-12(10)17-14(19)18-9-5-8-13(18)15(2,3)20/h4,6-7,13,20H,5,8-9H2,1-3H3,(H,17,19). The van der Waals surface area contributed by atoms with Crippen LogP contribution < -0.4 is 5.32 Å². The van der Waals surface area contributed by atoms with E-state index in [1.165, 1.54) is 0 Å². The minimum atomic E-state index is -0.892. The summed E-state index contributed by atoms with van der Waals surface area (Å²) in [5.74, 6) is 0. The first-order chi connectivity index (χ1) is 9.30. The average molecular weight is 297 g/mol. The van der Waals surface area contributed by atoms with Crippen LogP contribution in [0.3, 0.4) is 0 Å². The fourth-order valence-electron chi connectivity index (χ4n) is 2.67. The van der Waals surface area contributed by atoms with Gasteiger partial charge in [0, 0.05) is 17.3 Å². The van der Waals surface area contributed by atoms with E-state index >= 15 is 0 Å². The van der Waals surface area contributed by atoms with Gasteiger partial charge in [0.15, 0.2) is 0 Å². The zero-order valence-electron chi connectivity index (χ0n) is 12.1. The van der Waals surface area contributed by atoms with E-state index in [-0.39, 0.29) is 12.1 Å². The molecule has 1 saturated heterocycles. The lowest BCUT2D eigenvalue weighted by Gasteiger charge is -2.33. The summed E-state index contributed by atoms with van der Waals surface area (Å²) >= 11 is 6.05. The molecule has 1 aromatic rings. The Balaban J connectivity index is 2.14. The lowest BCUT2D eigenvalue weighted by atomic mass is 9.97. The second-order valence-electron chi connectivity index (χ2n) is 5.85. The number of rotatable bonds is 2. The molecule has 1 aromatic carbocycles. The smallest absolute Gasteiger partial charge is 0.322 e. The normalized spacial score (nSPS) is 19.2. The second kappa shape index (κ2) is 5.62. The molecule has 5 heteroatoms. The zero-order chi connectivity index (χ0) is 14.9. The summed E-state index contributed by atoms with van der Waals surface area (Å²) in [7, 11) is 0. The molecule has 0 saturated carbocycles. The van der Waals surface area contributed by atoms with Gasteiger partial charge in [0.25, 0.3) is 0 Å². The fourth-order valence-corrected chi connectivity index (χ4v) is 2.85. The molecule has 0 aliphatic carbocycles.